The van der Waals surface area contributed by atoms with Crippen LogP contribution in [0.1, 0.15) is 15.2 Å². The Morgan fingerprint density at radius 3 is 2.61 bits per heavy atom. The van der Waals surface area contributed by atoms with Gasteiger partial charge in [-0.25, -0.2) is 5.43 Å². The monoisotopic (exact) mass is 324 g/mol. The molecule has 2 aromatic rings. The summed E-state index contributed by atoms with van der Waals surface area (Å²) in [5.41, 5.74) is 2.86. The molecule has 0 radical (unpaired) electrons. The second kappa shape index (κ2) is 5.79. The van der Waals surface area contributed by atoms with E-state index in [-0.39, 0.29) is 11.7 Å². The highest BCUT2D eigenvalue weighted by Gasteiger charge is 2.03. The molecule has 18 heavy (non-hydrogen) atoms. The summed E-state index contributed by atoms with van der Waals surface area (Å²) in [7, 11) is 0. The van der Waals surface area contributed by atoms with Crippen molar-refractivity contribution in [3.63, 3.8) is 0 Å². The summed E-state index contributed by atoms with van der Waals surface area (Å²) in [6.07, 6.45) is 1.58. The average Bonchev–Trinajstić information content (AvgIpc) is 2.76. The van der Waals surface area contributed by atoms with E-state index in [0.29, 0.717) is 5.56 Å². The number of nitrogens with one attached hydrogen (secondary N) is 1. The number of hydrazone groups is 1. The van der Waals surface area contributed by atoms with Crippen LogP contribution in [0.4, 0.5) is 0 Å². The Morgan fingerprint density at radius 2 is 2.00 bits per heavy atom. The van der Waals surface area contributed by atoms with Gasteiger partial charge < -0.3 is 5.11 Å². The number of phenols is 1. The zero-order valence-corrected chi connectivity index (χ0v) is 11.5. The Hall–Kier alpha value is -1.66. The maximum atomic E-state index is 11.6. The number of phenolic OH excluding ortho intramolecular Hbond substituents is 1. The third-order valence-electron chi connectivity index (χ3n) is 2.08. The van der Waals surface area contributed by atoms with Gasteiger partial charge >= 0.3 is 0 Å². The Balaban J connectivity index is 1.96. The third-order valence-corrected chi connectivity index (χ3v) is 3.64. The number of amides is 1. The molecule has 1 aromatic carbocycles. The molecule has 0 fully saturated rings. The van der Waals surface area contributed by atoms with Crippen LogP contribution in [0.2, 0.25) is 0 Å². The summed E-state index contributed by atoms with van der Waals surface area (Å²) in [6, 6.07) is 9.77. The van der Waals surface area contributed by atoms with Crippen LogP contribution in [0.15, 0.2) is 45.3 Å². The van der Waals surface area contributed by atoms with Gasteiger partial charge in [0, 0.05) is 10.4 Å². The Labute approximate surface area is 116 Å². The molecule has 0 aliphatic carbocycles. The first kappa shape index (κ1) is 12.8. The van der Waals surface area contributed by atoms with Crippen LogP contribution in [0.3, 0.4) is 0 Å². The molecule has 1 heterocycles. The number of hydrogen-bond donors (Lipinski definition) is 2. The lowest BCUT2D eigenvalue weighted by atomic mass is 10.2. The number of carbonyl (C=O) groups excluding carboxylic acids is 1. The molecule has 6 heteroatoms. The summed E-state index contributed by atoms with van der Waals surface area (Å²) in [5.74, 6) is -0.194. The van der Waals surface area contributed by atoms with Crippen LogP contribution >= 0.6 is 27.3 Å². The van der Waals surface area contributed by atoms with E-state index in [0.717, 1.165) is 8.66 Å². The summed E-state index contributed by atoms with van der Waals surface area (Å²) in [4.78, 5) is 12.6. The summed E-state index contributed by atoms with van der Waals surface area (Å²) in [6.45, 7) is 0. The number of thiophene rings is 1. The van der Waals surface area contributed by atoms with Crippen LogP contribution in [0.5, 0.6) is 5.75 Å². The molecule has 2 N–H and O–H groups in total. The molecular weight excluding hydrogens is 316 g/mol. The van der Waals surface area contributed by atoms with E-state index in [1.54, 1.807) is 6.21 Å². The molecule has 0 bridgehead atoms. The molecule has 92 valence electrons. The molecule has 0 saturated heterocycles. The van der Waals surface area contributed by atoms with E-state index < -0.39 is 0 Å². The van der Waals surface area contributed by atoms with E-state index >= 15 is 0 Å². The number of aromatic hydroxyl groups is 1. The third kappa shape index (κ3) is 3.41. The van der Waals surface area contributed by atoms with E-state index in [4.69, 9.17) is 5.11 Å². The highest BCUT2D eigenvalue weighted by atomic mass is 79.9. The molecule has 4 nitrogen and oxygen atoms in total. The zero-order chi connectivity index (χ0) is 13.0. The predicted molar refractivity (Wildman–Crippen MR) is 75.2 cm³/mol. The number of halogens is 1. The van der Waals surface area contributed by atoms with Gasteiger partial charge in [0.1, 0.15) is 5.75 Å². The minimum Gasteiger partial charge on any atom is -0.508 e. The highest BCUT2D eigenvalue weighted by molar-refractivity contribution is 9.11. The van der Waals surface area contributed by atoms with Gasteiger partial charge in [0.2, 0.25) is 0 Å². The van der Waals surface area contributed by atoms with Gasteiger partial charge in [-0.2, -0.15) is 5.10 Å². The maximum Gasteiger partial charge on any atom is 0.271 e. The number of benzene rings is 1. The van der Waals surface area contributed by atoms with Crippen molar-refractivity contribution in [2.24, 2.45) is 5.10 Å². The predicted octanol–water partition coefficient (Wildman–Crippen LogP) is 2.98. The summed E-state index contributed by atoms with van der Waals surface area (Å²) in [5, 5.41) is 13.0. The lowest BCUT2D eigenvalue weighted by molar-refractivity contribution is 0.0955. The van der Waals surface area contributed by atoms with E-state index in [1.807, 2.05) is 12.1 Å². The van der Waals surface area contributed by atoms with Crippen molar-refractivity contribution < 1.29 is 9.90 Å². The Bertz CT molecular complexity index is 578. The maximum absolute atomic E-state index is 11.6. The van der Waals surface area contributed by atoms with Crippen molar-refractivity contribution in [2.75, 3.05) is 0 Å². The largest absolute Gasteiger partial charge is 0.508 e. The average molecular weight is 325 g/mol. The van der Waals surface area contributed by atoms with Gasteiger partial charge in [-0.3, -0.25) is 4.79 Å². The lowest BCUT2D eigenvalue weighted by Crippen LogP contribution is -2.17. The molecule has 0 spiro atoms. The molecule has 1 aromatic heterocycles. The zero-order valence-electron chi connectivity index (χ0n) is 9.13. The van der Waals surface area contributed by atoms with Crippen molar-refractivity contribution in [1.82, 2.24) is 5.43 Å². The van der Waals surface area contributed by atoms with E-state index in [2.05, 4.69) is 26.5 Å². The van der Waals surface area contributed by atoms with Crippen LogP contribution in [-0.4, -0.2) is 17.2 Å². The molecule has 0 unspecified atom stereocenters. The number of nitrogens with zero attached hydrogens (tertiary/aromatic N) is 1. The molecule has 0 aliphatic rings. The molecule has 2 rings (SSSR count). The van der Waals surface area contributed by atoms with Gasteiger partial charge in [0.25, 0.3) is 5.91 Å². The van der Waals surface area contributed by atoms with Crippen LogP contribution < -0.4 is 5.43 Å². The van der Waals surface area contributed by atoms with Crippen molar-refractivity contribution in [3.8, 4) is 5.75 Å². The van der Waals surface area contributed by atoms with Gasteiger partial charge in [-0.15, -0.1) is 11.3 Å². The standard InChI is InChI=1S/C12H9BrN2O2S/c13-11-6-5-10(18-11)7-14-15-12(17)8-1-3-9(16)4-2-8/h1-7,16H,(H,15,17)/b14-7-. The van der Waals surface area contributed by atoms with Crippen LogP contribution in [0, 0.1) is 0 Å². The molecular formula is C12H9BrN2O2S. The van der Waals surface area contributed by atoms with Crippen molar-refractivity contribution in [2.45, 2.75) is 0 Å². The van der Waals surface area contributed by atoms with E-state index in [9.17, 15) is 4.79 Å². The van der Waals surface area contributed by atoms with Crippen molar-refractivity contribution in [3.05, 3.63) is 50.6 Å². The minimum atomic E-state index is -0.318. The van der Waals surface area contributed by atoms with Gasteiger partial charge in [0.15, 0.2) is 0 Å². The lowest BCUT2D eigenvalue weighted by Gasteiger charge is -1.99. The van der Waals surface area contributed by atoms with Crippen molar-refractivity contribution in [1.29, 1.82) is 0 Å². The second-order valence-electron chi connectivity index (χ2n) is 3.39. The normalized spacial score (nSPS) is 10.7. The Kier molecular flexibility index (Phi) is 4.11. The first-order valence-corrected chi connectivity index (χ1v) is 6.64. The van der Waals surface area contributed by atoms with Crippen molar-refractivity contribution >= 4 is 39.4 Å². The molecule has 0 atom stereocenters. The minimum absolute atomic E-state index is 0.124. The fourth-order valence-corrected chi connectivity index (χ4v) is 2.53. The van der Waals surface area contributed by atoms with Gasteiger partial charge in [-0.1, -0.05) is 0 Å². The highest BCUT2D eigenvalue weighted by Crippen LogP contribution is 2.20. The van der Waals surface area contributed by atoms with Gasteiger partial charge in [0.05, 0.1) is 10.0 Å². The summed E-state index contributed by atoms with van der Waals surface area (Å²) >= 11 is 4.86. The topological polar surface area (TPSA) is 61.7 Å². The summed E-state index contributed by atoms with van der Waals surface area (Å²) < 4.78 is 1.01. The van der Waals surface area contributed by atoms with E-state index in [1.165, 1.54) is 35.6 Å². The van der Waals surface area contributed by atoms with Crippen LogP contribution in [-0.2, 0) is 0 Å². The molecule has 1 amide bonds. The quantitative estimate of drug-likeness (QED) is 0.673. The fraction of sp³-hybridized carbons (Fsp3) is 0. The van der Waals surface area contributed by atoms with Crippen LogP contribution in [0.25, 0.3) is 0 Å². The smallest absolute Gasteiger partial charge is 0.271 e. The number of hydrogen-bond acceptors (Lipinski definition) is 4. The number of carbonyl (C=O) groups is 1. The first-order valence-electron chi connectivity index (χ1n) is 5.03. The number of rotatable bonds is 3. The van der Waals surface area contributed by atoms with Gasteiger partial charge in [-0.05, 0) is 52.3 Å². The second-order valence-corrected chi connectivity index (χ2v) is 5.88. The first-order chi connectivity index (χ1) is 8.65. The fourth-order valence-electron chi connectivity index (χ4n) is 1.23. The Morgan fingerprint density at radius 1 is 1.28 bits per heavy atom. The molecule has 0 saturated carbocycles. The SMILES string of the molecule is O=C(N/N=C\c1ccc(Br)s1)c1ccc(O)cc1. The molecule has 0 aliphatic heterocycles.